The quantitative estimate of drug-likeness (QED) is 0.902. The summed E-state index contributed by atoms with van der Waals surface area (Å²) >= 11 is 0. The number of aromatic nitrogens is 2. The van der Waals surface area contributed by atoms with Gasteiger partial charge in [-0.1, -0.05) is 32.8 Å². The molecule has 106 valence electrons. The van der Waals surface area contributed by atoms with Crippen LogP contribution in [0.15, 0.2) is 24.5 Å². The molecule has 1 aromatic heterocycles. The third-order valence-corrected chi connectivity index (χ3v) is 4.61. The van der Waals surface area contributed by atoms with Crippen LogP contribution >= 0.6 is 0 Å². The van der Waals surface area contributed by atoms with Crippen LogP contribution in [-0.4, -0.2) is 20.6 Å². The first-order valence-electron chi connectivity index (χ1n) is 7.19. The molecular formula is C16H20N2O2. The standard InChI is InChI=1S/C16H20N2O2/c1-16(2)9-4-3-8-13(16)18-10-17-12-7-5-6-11(14(12)18)15(19)20/h5-7,10,13H,3-4,8-9H2,1-2H3,(H,19,20). The van der Waals surface area contributed by atoms with Gasteiger partial charge in [0.25, 0.3) is 0 Å². The van der Waals surface area contributed by atoms with E-state index >= 15 is 0 Å². The first kappa shape index (κ1) is 13.2. The fourth-order valence-corrected chi connectivity index (χ4v) is 3.49. The van der Waals surface area contributed by atoms with Gasteiger partial charge in [0, 0.05) is 6.04 Å². The van der Waals surface area contributed by atoms with E-state index in [1.165, 1.54) is 19.3 Å². The summed E-state index contributed by atoms with van der Waals surface area (Å²) in [4.78, 5) is 15.9. The maximum Gasteiger partial charge on any atom is 0.337 e. The summed E-state index contributed by atoms with van der Waals surface area (Å²) in [5, 5.41) is 9.41. The van der Waals surface area contributed by atoms with Crippen LogP contribution in [0.5, 0.6) is 0 Å². The first-order chi connectivity index (χ1) is 9.50. The predicted octanol–water partition coefficient (Wildman–Crippen LogP) is 3.88. The molecule has 0 bridgehead atoms. The fraction of sp³-hybridized carbons (Fsp3) is 0.500. The summed E-state index contributed by atoms with van der Waals surface area (Å²) in [5.74, 6) is -0.883. The normalized spacial score (nSPS) is 22.0. The van der Waals surface area contributed by atoms with Crippen LogP contribution in [0.2, 0.25) is 0 Å². The lowest BCUT2D eigenvalue weighted by Crippen LogP contribution is -2.30. The maximum absolute atomic E-state index is 11.5. The summed E-state index contributed by atoms with van der Waals surface area (Å²) in [6, 6.07) is 5.63. The van der Waals surface area contributed by atoms with E-state index in [-0.39, 0.29) is 5.41 Å². The average molecular weight is 272 g/mol. The van der Waals surface area contributed by atoms with Crippen molar-refractivity contribution < 1.29 is 9.90 Å². The topological polar surface area (TPSA) is 55.1 Å². The molecule has 3 rings (SSSR count). The number of hydrogen-bond donors (Lipinski definition) is 1. The molecule has 4 nitrogen and oxygen atoms in total. The van der Waals surface area contributed by atoms with Crippen LogP contribution in [-0.2, 0) is 0 Å². The molecule has 1 atom stereocenters. The van der Waals surface area contributed by atoms with Gasteiger partial charge in [0.2, 0.25) is 0 Å². The minimum atomic E-state index is -0.883. The highest BCUT2D eigenvalue weighted by Gasteiger charge is 2.34. The Bertz CT molecular complexity index is 658. The van der Waals surface area contributed by atoms with Gasteiger partial charge in [-0.15, -0.1) is 0 Å². The molecule has 1 aliphatic rings. The van der Waals surface area contributed by atoms with Crippen molar-refractivity contribution in [3.05, 3.63) is 30.1 Å². The molecule has 0 radical (unpaired) electrons. The number of benzene rings is 1. The molecule has 1 heterocycles. The minimum Gasteiger partial charge on any atom is -0.478 e. The van der Waals surface area contributed by atoms with E-state index in [2.05, 4.69) is 23.4 Å². The Hall–Kier alpha value is -1.84. The first-order valence-corrected chi connectivity index (χ1v) is 7.19. The van der Waals surface area contributed by atoms with Gasteiger partial charge in [0.15, 0.2) is 0 Å². The van der Waals surface area contributed by atoms with Gasteiger partial charge in [0.1, 0.15) is 0 Å². The lowest BCUT2D eigenvalue weighted by Gasteiger charge is -2.39. The Morgan fingerprint density at radius 1 is 1.40 bits per heavy atom. The number of carboxylic acids is 1. The van der Waals surface area contributed by atoms with Crippen LogP contribution in [0.4, 0.5) is 0 Å². The molecule has 4 heteroatoms. The predicted molar refractivity (Wildman–Crippen MR) is 78.0 cm³/mol. The average Bonchev–Trinajstić information content (AvgIpc) is 2.81. The van der Waals surface area contributed by atoms with E-state index in [9.17, 15) is 9.90 Å². The molecular weight excluding hydrogens is 252 g/mol. The molecule has 1 unspecified atom stereocenters. The Balaban J connectivity index is 2.19. The number of imidazole rings is 1. The van der Waals surface area contributed by atoms with Gasteiger partial charge in [0.05, 0.1) is 22.9 Å². The molecule has 1 fully saturated rings. The van der Waals surface area contributed by atoms with Crippen molar-refractivity contribution in [3.63, 3.8) is 0 Å². The number of carbonyl (C=O) groups is 1. The smallest absolute Gasteiger partial charge is 0.337 e. The molecule has 1 N–H and O–H groups in total. The third kappa shape index (κ3) is 1.99. The van der Waals surface area contributed by atoms with E-state index in [4.69, 9.17) is 0 Å². The van der Waals surface area contributed by atoms with E-state index in [0.717, 1.165) is 17.5 Å². The van der Waals surface area contributed by atoms with Crippen LogP contribution in [0.1, 0.15) is 55.9 Å². The van der Waals surface area contributed by atoms with E-state index < -0.39 is 5.97 Å². The third-order valence-electron chi connectivity index (χ3n) is 4.61. The molecule has 1 aromatic carbocycles. The second-order valence-electron chi connectivity index (χ2n) is 6.38. The number of para-hydroxylation sites is 1. The van der Waals surface area contributed by atoms with Gasteiger partial charge >= 0.3 is 5.97 Å². The lowest BCUT2D eigenvalue weighted by molar-refractivity contribution is 0.0697. The molecule has 20 heavy (non-hydrogen) atoms. The Kier molecular flexibility index (Phi) is 3.04. The Labute approximate surface area is 118 Å². The Morgan fingerprint density at radius 2 is 2.20 bits per heavy atom. The summed E-state index contributed by atoms with van der Waals surface area (Å²) in [6.07, 6.45) is 6.53. The van der Waals surface area contributed by atoms with Crippen molar-refractivity contribution in [1.82, 2.24) is 9.55 Å². The molecule has 2 aromatic rings. The van der Waals surface area contributed by atoms with Crippen molar-refractivity contribution in [2.24, 2.45) is 5.41 Å². The Morgan fingerprint density at radius 3 is 2.90 bits per heavy atom. The number of fused-ring (bicyclic) bond motifs is 1. The van der Waals surface area contributed by atoms with Gasteiger partial charge < -0.3 is 9.67 Å². The van der Waals surface area contributed by atoms with Crippen molar-refractivity contribution in [2.45, 2.75) is 45.6 Å². The van der Waals surface area contributed by atoms with Crippen LogP contribution in [0.3, 0.4) is 0 Å². The fourth-order valence-electron chi connectivity index (χ4n) is 3.49. The van der Waals surface area contributed by atoms with Crippen molar-refractivity contribution in [1.29, 1.82) is 0 Å². The zero-order valence-electron chi connectivity index (χ0n) is 12.0. The van der Waals surface area contributed by atoms with Gasteiger partial charge in [-0.2, -0.15) is 0 Å². The molecule has 0 spiro atoms. The summed E-state index contributed by atoms with van der Waals surface area (Å²) in [5.41, 5.74) is 2.06. The lowest BCUT2D eigenvalue weighted by atomic mass is 9.73. The van der Waals surface area contributed by atoms with Crippen molar-refractivity contribution in [3.8, 4) is 0 Å². The highest BCUT2D eigenvalue weighted by molar-refractivity contribution is 6.01. The van der Waals surface area contributed by atoms with E-state index in [0.29, 0.717) is 11.6 Å². The minimum absolute atomic E-state index is 0.178. The highest BCUT2D eigenvalue weighted by atomic mass is 16.4. The van der Waals surface area contributed by atoms with Gasteiger partial charge in [-0.25, -0.2) is 9.78 Å². The number of carboxylic acid groups (broad SMARTS) is 1. The summed E-state index contributed by atoms with van der Waals surface area (Å²) < 4.78 is 2.10. The van der Waals surface area contributed by atoms with Crippen molar-refractivity contribution >= 4 is 17.0 Å². The number of hydrogen-bond acceptors (Lipinski definition) is 2. The molecule has 1 saturated carbocycles. The van der Waals surface area contributed by atoms with Gasteiger partial charge in [-0.05, 0) is 30.4 Å². The summed E-state index contributed by atoms with van der Waals surface area (Å²) in [6.45, 7) is 4.54. The molecule has 0 saturated heterocycles. The highest BCUT2D eigenvalue weighted by Crippen LogP contribution is 2.45. The van der Waals surface area contributed by atoms with Crippen LogP contribution in [0, 0.1) is 5.41 Å². The number of aromatic carboxylic acids is 1. The van der Waals surface area contributed by atoms with E-state index in [1.807, 2.05) is 12.4 Å². The molecule has 0 amide bonds. The number of rotatable bonds is 2. The number of nitrogens with zero attached hydrogens (tertiary/aromatic N) is 2. The molecule has 0 aliphatic heterocycles. The van der Waals surface area contributed by atoms with Crippen LogP contribution < -0.4 is 0 Å². The second kappa shape index (κ2) is 4.62. The van der Waals surface area contributed by atoms with Crippen molar-refractivity contribution in [2.75, 3.05) is 0 Å². The maximum atomic E-state index is 11.5. The zero-order chi connectivity index (χ0) is 14.3. The SMILES string of the molecule is CC1(C)CCCCC1n1cnc2cccc(C(=O)O)c21. The second-order valence-corrected chi connectivity index (χ2v) is 6.38. The summed E-state index contributed by atoms with van der Waals surface area (Å²) in [7, 11) is 0. The molecule has 1 aliphatic carbocycles. The van der Waals surface area contributed by atoms with Crippen LogP contribution in [0.25, 0.3) is 11.0 Å². The largest absolute Gasteiger partial charge is 0.478 e. The monoisotopic (exact) mass is 272 g/mol. The van der Waals surface area contributed by atoms with E-state index in [1.54, 1.807) is 12.1 Å². The zero-order valence-corrected chi connectivity index (χ0v) is 12.0. The van der Waals surface area contributed by atoms with Gasteiger partial charge in [-0.3, -0.25) is 0 Å².